The van der Waals surface area contributed by atoms with Gasteiger partial charge in [-0.25, -0.2) is 18.7 Å². The van der Waals surface area contributed by atoms with Crippen LogP contribution >= 0.6 is 11.6 Å². The molecule has 1 aromatic rings. The first-order valence-electron chi connectivity index (χ1n) is 3.86. The van der Waals surface area contributed by atoms with Crippen molar-refractivity contribution in [1.82, 2.24) is 9.97 Å². The highest BCUT2D eigenvalue weighted by Crippen LogP contribution is 2.26. The minimum Gasteiger partial charge on any atom is -0.386 e. The van der Waals surface area contributed by atoms with Gasteiger partial charge in [0, 0.05) is 11.8 Å². The maximum absolute atomic E-state index is 12.1. The van der Waals surface area contributed by atoms with Crippen LogP contribution < -0.4 is 0 Å². The van der Waals surface area contributed by atoms with E-state index in [1.54, 1.807) is 0 Å². The zero-order valence-electron chi connectivity index (χ0n) is 7.63. The van der Waals surface area contributed by atoms with Gasteiger partial charge in [-0.3, -0.25) is 0 Å². The van der Waals surface area contributed by atoms with Gasteiger partial charge in [0.15, 0.2) is 5.82 Å². The minimum atomic E-state index is -2.76. The molecule has 78 valence electrons. The van der Waals surface area contributed by atoms with E-state index in [2.05, 4.69) is 9.97 Å². The van der Waals surface area contributed by atoms with Crippen LogP contribution in [0.15, 0.2) is 6.20 Å². The molecule has 0 fully saturated rings. The standard InChI is InChI=1S/C8H9ClF2N2O/c1-8(2,14)4-3-12-7(6(10)11)13-5(4)9/h3,6,14H,1-2H3. The molecular weight excluding hydrogens is 214 g/mol. The molecule has 1 rings (SSSR count). The van der Waals surface area contributed by atoms with Crippen molar-refractivity contribution >= 4 is 11.6 Å². The predicted octanol–water partition coefficient (Wildman–Crippen LogP) is 2.29. The van der Waals surface area contributed by atoms with Crippen LogP contribution in [0.5, 0.6) is 0 Å². The van der Waals surface area contributed by atoms with Crippen LogP contribution in [0.3, 0.4) is 0 Å². The molecule has 0 atom stereocenters. The lowest BCUT2D eigenvalue weighted by molar-refractivity contribution is 0.0772. The Hall–Kier alpha value is -0.810. The minimum absolute atomic E-state index is 0.150. The largest absolute Gasteiger partial charge is 0.386 e. The van der Waals surface area contributed by atoms with Crippen molar-refractivity contribution < 1.29 is 13.9 Å². The van der Waals surface area contributed by atoms with Gasteiger partial charge in [0.2, 0.25) is 0 Å². The second kappa shape index (κ2) is 3.74. The topological polar surface area (TPSA) is 46.0 Å². The number of aliphatic hydroxyl groups is 1. The van der Waals surface area contributed by atoms with Gasteiger partial charge in [0.25, 0.3) is 6.43 Å². The maximum Gasteiger partial charge on any atom is 0.297 e. The summed E-state index contributed by atoms with van der Waals surface area (Å²) >= 11 is 5.61. The molecule has 0 unspecified atom stereocenters. The van der Waals surface area contributed by atoms with Crippen molar-refractivity contribution in [2.24, 2.45) is 0 Å². The molecule has 0 amide bonds. The monoisotopic (exact) mass is 222 g/mol. The van der Waals surface area contributed by atoms with Gasteiger partial charge in [-0.1, -0.05) is 11.6 Å². The van der Waals surface area contributed by atoms with E-state index >= 15 is 0 Å². The van der Waals surface area contributed by atoms with Crippen LogP contribution in [0, 0.1) is 0 Å². The highest BCUT2D eigenvalue weighted by molar-refractivity contribution is 6.30. The van der Waals surface area contributed by atoms with Gasteiger partial charge < -0.3 is 5.11 Å². The van der Waals surface area contributed by atoms with Crippen LogP contribution in [0.4, 0.5) is 8.78 Å². The highest BCUT2D eigenvalue weighted by Gasteiger charge is 2.22. The summed E-state index contributed by atoms with van der Waals surface area (Å²) in [5, 5.41) is 9.40. The molecule has 1 heterocycles. The Kier molecular flexibility index (Phi) is 3.01. The lowest BCUT2D eigenvalue weighted by Crippen LogP contribution is -2.17. The Morgan fingerprint density at radius 2 is 2.07 bits per heavy atom. The Labute approximate surface area is 84.8 Å². The molecule has 0 saturated heterocycles. The molecule has 1 aromatic heterocycles. The number of nitrogens with zero attached hydrogens (tertiary/aromatic N) is 2. The quantitative estimate of drug-likeness (QED) is 0.781. The van der Waals surface area contributed by atoms with E-state index in [1.165, 1.54) is 13.8 Å². The summed E-state index contributed by atoms with van der Waals surface area (Å²) in [5.74, 6) is -0.636. The van der Waals surface area contributed by atoms with E-state index in [0.717, 1.165) is 6.20 Å². The first-order chi connectivity index (χ1) is 6.32. The van der Waals surface area contributed by atoms with E-state index in [4.69, 9.17) is 11.6 Å². The van der Waals surface area contributed by atoms with Crippen molar-refractivity contribution in [2.75, 3.05) is 0 Å². The van der Waals surface area contributed by atoms with E-state index < -0.39 is 17.9 Å². The van der Waals surface area contributed by atoms with Gasteiger partial charge in [0.1, 0.15) is 5.15 Å². The zero-order chi connectivity index (χ0) is 10.9. The van der Waals surface area contributed by atoms with Crippen LogP contribution in [0.2, 0.25) is 5.15 Å². The van der Waals surface area contributed by atoms with Crippen molar-refractivity contribution in [3.8, 4) is 0 Å². The van der Waals surface area contributed by atoms with Crippen molar-refractivity contribution in [3.05, 3.63) is 22.7 Å². The average Bonchev–Trinajstić information content (AvgIpc) is 2.01. The number of rotatable bonds is 2. The second-order valence-electron chi connectivity index (χ2n) is 3.29. The van der Waals surface area contributed by atoms with Crippen LogP contribution in [0.1, 0.15) is 31.7 Å². The molecule has 0 aliphatic rings. The third kappa shape index (κ3) is 2.36. The first kappa shape index (κ1) is 11.3. The summed E-state index contributed by atoms with van der Waals surface area (Å²) in [5.41, 5.74) is -1.01. The summed E-state index contributed by atoms with van der Waals surface area (Å²) in [6.45, 7) is 2.94. The Bertz CT molecular complexity index is 339. The number of hydrogen-bond acceptors (Lipinski definition) is 3. The fraction of sp³-hybridized carbons (Fsp3) is 0.500. The molecule has 14 heavy (non-hydrogen) atoms. The highest BCUT2D eigenvalue weighted by atomic mass is 35.5. The van der Waals surface area contributed by atoms with E-state index in [9.17, 15) is 13.9 Å². The number of halogens is 3. The van der Waals surface area contributed by atoms with E-state index in [-0.39, 0.29) is 10.7 Å². The smallest absolute Gasteiger partial charge is 0.297 e. The Morgan fingerprint density at radius 3 is 2.43 bits per heavy atom. The van der Waals surface area contributed by atoms with Crippen LogP contribution in [0.25, 0.3) is 0 Å². The lowest BCUT2D eigenvalue weighted by Gasteiger charge is -2.18. The summed E-state index contributed by atoms with van der Waals surface area (Å²) in [7, 11) is 0. The molecule has 6 heteroatoms. The molecule has 0 bridgehead atoms. The molecular formula is C8H9ClF2N2O. The second-order valence-corrected chi connectivity index (χ2v) is 3.65. The summed E-state index contributed by atoms with van der Waals surface area (Å²) in [6, 6.07) is 0. The van der Waals surface area contributed by atoms with E-state index in [0.29, 0.717) is 0 Å². The van der Waals surface area contributed by atoms with Crippen molar-refractivity contribution in [1.29, 1.82) is 0 Å². The summed E-state index contributed by atoms with van der Waals surface area (Å²) < 4.78 is 24.3. The number of aromatic nitrogens is 2. The van der Waals surface area contributed by atoms with Gasteiger partial charge in [-0.05, 0) is 13.8 Å². The molecule has 0 radical (unpaired) electrons. The molecule has 0 aliphatic heterocycles. The molecule has 1 N–H and O–H groups in total. The van der Waals surface area contributed by atoms with Crippen molar-refractivity contribution in [3.63, 3.8) is 0 Å². The summed E-state index contributed by atoms with van der Waals surface area (Å²) in [4.78, 5) is 6.78. The molecule has 3 nitrogen and oxygen atoms in total. The van der Waals surface area contributed by atoms with Gasteiger partial charge in [-0.15, -0.1) is 0 Å². The van der Waals surface area contributed by atoms with Crippen LogP contribution in [-0.4, -0.2) is 15.1 Å². The SMILES string of the molecule is CC(C)(O)c1cnc(C(F)F)nc1Cl. The zero-order valence-corrected chi connectivity index (χ0v) is 8.39. The fourth-order valence-electron chi connectivity index (χ4n) is 0.889. The van der Waals surface area contributed by atoms with Crippen molar-refractivity contribution in [2.45, 2.75) is 25.9 Å². The lowest BCUT2D eigenvalue weighted by atomic mass is 10.0. The van der Waals surface area contributed by atoms with E-state index in [1.807, 2.05) is 0 Å². The third-order valence-corrected chi connectivity index (χ3v) is 1.90. The molecule has 0 aliphatic carbocycles. The fourth-order valence-corrected chi connectivity index (χ4v) is 1.26. The Balaban J connectivity index is 3.15. The first-order valence-corrected chi connectivity index (χ1v) is 4.23. The van der Waals surface area contributed by atoms with Gasteiger partial charge in [0.05, 0.1) is 5.60 Å². The molecule has 0 aromatic carbocycles. The number of alkyl halides is 2. The van der Waals surface area contributed by atoms with Gasteiger partial charge in [-0.2, -0.15) is 0 Å². The summed E-state index contributed by atoms with van der Waals surface area (Å²) in [6.07, 6.45) is -1.65. The van der Waals surface area contributed by atoms with Crippen LogP contribution in [-0.2, 0) is 5.60 Å². The molecule has 0 saturated carbocycles. The average molecular weight is 223 g/mol. The third-order valence-electron chi connectivity index (χ3n) is 1.62. The number of hydrogen-bond donors (Lipinski definition) is 1. The maximum atomic E-state index is 12.1. The van der Waals surface area contributed by atoms with Gasteiger partial charge >= 0.3 is 0 Å². The predicted molar refractivity (Wildman–Crippen MR) is 47.2 cm³/mol. The normalized spacial score (nSPS) is 12.2. The molecule has 0 spiro atoms. The Morgan fingerprint density at radius 1 is 1.50 bits per heavy atom.